The standard InChI is InChI=1S/C23H19N3O2/c27-23(28)18-10-12-20(13-11-18)25-24-14-19-16-26(15-17-6-2-1-3-7-17)22-9-5-4-8-21(19)22/h1-14,16,25H,15H2,(H,27,28)/b24-14+. The lowest BCUT2D eigenvalue weighted by molar-refractivity contribution is 0.0697. The van der Waals surface area contributed by atoms with Crippen molar-refractivity contribution >= 4 is 28.8 Å². The molecule has 0 radical (unpaired) electrons. The lowest BCUT2D eigenvalue weighted by Gasteiger charge is -2.05. The van der Waals surface area contributed by atoms with Crippen molar-refractivity contribution in [2.75, 3.05) is 5.43 Å². The second kappa shape index (κ2) is 7.80. The Morgan fingerprint density at radius 1 is 0.964 bits per heavy atom. The number of anilines is 1. The molecule has 5 heteroatoms. The summed E-state index contributed by atoms with van der Waals surface area (Å²) in [4.78, 5) is 10.9. The minimum atomic E-state index is -0.943. The van der Waals surface area contributed by atoms with Gasteiger partial charge in [-0.25, -0.2) is 4.79 Å². The lowest BCUT2D eigenvalue weighted by Crippen LogP contribution is -1.97. The summed E-state index contributed by atoms with van der Waals surface area (Å²) in [5, 5.41) is 14.4. The van der Waals surface area contributed by atoms with E-state index in [0.29, 0.717) is 0 Å². The molecule has 3 aromatic carbocycles. The molecule has 0 bridgehead atoms. The van der Waals surface area contributed by atoms with Crippen LogP contribution in [-0.4, -0.2) is 21.9 Å². The molecule has 0 unspecified atom stereocenters. The quantitative estimate of drug-likeness (QED) is 0.378. The molecule has 0 atom stereocenters. The molecule has 5 nitrogen and oxygen atoms in total. The Bertz CT molecular complexity index is 1130. The number of benzene rings is 3. The van der Waals surface area contributed by atoms with Crippen LogP contribution in [-0.2, 0) is 6.54 Å². The number of hydrogen-bond acceptors (Lipinski definition) is 3. The highest BCUT2D eigenvalue weighted by atomic mass is 16.4. The van der Waals surface area contributed by atoms with Crippen molar-refractivity contribution in [3.63, 3.8) is 0 Å². The summed E-state index contributed by atoms with van der Waals surface area (Å²) in [5.41, 5.74) is 7.34. The van der Waals surface area contributed by atoms with Gasteiger partial charge in [0, 0.05) is 29.2 Å². The minimum Gasteiger partial charge on any atom is -0.478 e. The van der Waals surface area contributed by atoms with Gasteiger partial charge >= 0.3 is 5.97 Å². The first kappa shape index (κ1) is 17.5. The third-order valence-corrected chi connectivity index (χ3v) is 4.54. The summed E-state index contributed by atoms with van der Waals surface area (Å²) >= 11 is 0. The van der Waals surface area contributed by atoms with E-state index in [4.69, 9.17) is 5.11 Å². The second-order valence-corrected chi connectivity index (χ2v) is 6.47. The average molecular weight is 369 g/mol. The topological polar surface area (TPSA) is 66.6 Å². The molecule has 1 heterocycles. The SMILES string of the molecule is O=C(O)c1ccc(N/N=C/c2cn(Cc3ccccc3)c3ccccc23)cc1. The molecular weight excluding hydrogens is 350 g/mol. The predicted octanol–water partition coefficient (Wildman–Crippen LogP) is 4.83. The van der Waals surface area contributed by atoms with Crippen molar-refractivity contribution in [1.29, 1.82) is 0 Å². The number of para-hydroxylation sites is 1. The number of carboxylic acids is 1. The smallest absolute Gasteiger partial charge is 0.335 e. The molecule has 138 valence electrons. The van der Waals surface area contributed by atoms with Crippen LogP contribution < -0.4 is 5.43 Å². The summed E-state index contributed by atoms with van der Waals surface area (Å²) in [6.07, 6.45) is 3.88. The number of nitrogens with one attached hydrogen (secondary N) is 1. The largest absolute Gasteiger partial charge is 0.478 e. The highest BCUT2D eigenvalue weighted by molar-refractivity contribution is 5.99. The first-order chi connectivity index (χ1) is 13.7. The first-order valence-electron chi connectivity index (χ1n) is 8.95. The van der Waals surface area contributed by atoms with Gasteiger partial charge in [-0.15, -0.1) is 0 Å². The highest BCUT2D eigenvalue weighted by Gasteiger charge is 2.07. The van der Waals surface area contributed by atoms with Gasteiger partial charge in [0.2, 0.25) is 0 Å². The van der Waals surface area contributed by atoms with E-state index in [2.05, 4.69) is 45.6 Å². The zero-order chi connectivity index (χ0) is 19.3. The lowest BCUT2D eigenvalue weighted by atomic mass is 10.2. The predicted molar refractivity (Wildman–Crippen MR) is 112 cm³/mol. The van der Waals surface area contributed by atoms with Crippen molar-refractivity contribution in [3.8, 4) is 0 Å². The maximum atomic E-state index is 10.9. The molecule has 2 N–H and O–H groups in total. The Morgan fingerprint density at radius 2 is 1.68 bits per heavy atom. The Hall–Kier alpha value is -3.86. The van der Waals surface area contributed by atoms with E-state index in [9.17, 15) is 4.79 Å². The van der Waals surface area contributed by atoms with Crippen LogP contribution in [0.4, 0.5) is 5.69 Å². The molecule has 0 aliphatic rings. The van der Waals surface area contributed by atoms with Gasteiger partial charge < -0.3 is 9.67 Å². The number of hydrazone groups is 1. The van der Waals surface area contributed by atoms with Crippen molar-refractivity contribution in [2.24, 2.45) is 5.10 Å². The number of carbonyl (C=O) groups is 1. The van der Waals surface area contributed by atoms with Crippen LogP contribution in [0.1, 0.15) is 21.5 Å². The van der Waals surface area contributed by atoms with E-state index in [1.807, 2.05) is 30.3 Å². The monoisotopic (exact) mass is 369 g/mol. The maximum Gasteiger partial charge on any atom is 0.335 e. The molecular formula is C23H19N3O2. The van der Waals surface area contributed by atoms with Gasteiger partial charge in [-0.05, 0) is 35.9 Å². The Kier molecular flexibility index (Phi) is 4.89. The van der Waals surface area contributed by atoms with Crippen LogP contribution in [0.15, 0.2) is 90.2 Å². The fourth-order valence-electron chi connectivity index (χ4n) is 3.15. The minimum absolute atomic E-state index is 0.249. The number of nitrogens with zero attached hydrogens (tertiary/aromatic N) is 2. The van der Waals surface area contributed by atoms with Crippen molar-refractivity contribution in [2.45, 2.75) is 6.54 Å². The van der Waals surface area contributed by atoms with E-state index in [1.165, 1.54) is 5.56 Å². The van der Waals surface area contributed by atoms with Crippen LogP contribution in [0.2, 0.25) is 0 Å². The van der Waals surface area contributed by atoms with Crippen LogP contribution in [0.3, 0.4) is 0 Å². The molecule has 1 aromatic heterocycles. The Balaban J connectivity index is 1.56. The number of aromatic carboxylic acids is 1. The molecule has 0 aliphatic carbocycles. The van der Waals surface area contributed by atoms with Crippen LogP contribution in [0.25, 0.3) is 10.9 Å². The third-order valence-electron chi connectivity index (χ3n) is 4.54. The fourth-order valence-corrected chi connectivity index (χ4v) is 3.15. The van der Waals surface area contributed by atoms with Crippen molar-refractivity contribution in [1.82, 2.24) is 4.57 Å². The van der Waals surface area contributed by atoms with E-state index >= 15 is 0 Å². The Labute approximate surface area is 162 Å². The second-order valence-electron chi connectivity index (χ2n) is 6.47. The van der Waals surface area contributed by atoms with Gasteiger partial charge in [0.1, 0.15) is 0 Å². The molecule has 4 aromatic rings. The molecule has 0 saturated heterocycles. The number of hydrogen-bond donors (Lipinski definition) is 2. The molecule has 0 amide bonds. The van der Waals surface area contributed by atoms with Gasteiger partial charge in [-0.3, -0.25) is 5.43 Å². The normalized spacial score (nSPS) is 11.1. The summed E-state index contributed by atoms with van der Waals surface area (Å²) in [6.45, 7) is 0.791. The third kappa shape index (κ3) is 3.78. The molecule has 0 fully saturated rings. The van der Waals surface area contributed by atoms with Gasteiger partial charge in [0.05, 0.1) is 17.5 Å². The number of fused-ring (bicyclic) bond motifs is 1. The molecule has 28 heavy (non-hydrogen) atoms. The van der Waals surface area contributed by atoms with E-state index in [-0.39, 0.29) is 5.56 Å². The molecule has 4 rings (SSSR count). The molecule has 0 spiro atoms. The van der Waals surface area contributed by atoms with Crippen LogP contribution in [0.5, 0.6) is 0 Å². The zero-order valence-electron chi connectivity index (χ0n) is 15.1. The van der Waals surface area contributed by atoms with Crippen molar-refractivity contribution in [3.05, 3.63) is 102 Å². The molecule has 0 aliphatic heterocycles. The summed E-state index contributed by atoms with van der Waals surface area (Å²) in [6, 6.07) is 25.1. The highest BCUT2D eigenvalue weighted by Crippen LogP contribution is 2.21. The number of carboxylic acid groups (broad SMARTS) is 1. The average Bonchev–Trinajstić information content (AvgIpc) is 3.07. The van der Waals surface area contributed by atoms with Gasteiger partial charge in [-0.1, -0.05) is 48.5 Å². The van der Waals surface area contributed by atoms with Gasteiger partial charge in [-0.2, -0.15) is 5.10 Å². The van der Waals surface area contributed by atoms with E-state index in [1.54, 1.807) is 30.5 Å². The zero-order valence-corrected chi connectivity index (χ0v) is 15.1. The van der Waals surface area contributed by atoms with E-state index in [0.717, 1.165) is 28.7 Å². The van der Waals surface area contributed by atoms with Gasteiger partial charge in [0.15, 0.2) is 0 Å². The first-order valence-corrected chi connectivity index (χ1v) is 8.95. The van der Waals surface area contributed by atoms with Gasteiger partial charge in [0.25, 0.3) is 0 Å². The fraction of sp³-hybridized carbons (Fsp3) is 0.0435. The van der Waals surface area contributed by atoms with Crippen LogP contribution in [0, 0.1) is 0 Å². The molecule has 0 saturated carbocycles. The maximum absolute atomic E-state index is 10.9. The van der Waals surface area contributed by atoms with Crippen LogP contribution >= 0.6 is 0 Å². The summed E-state index contributed by atoms with van der Waals surface area (Å²) in [5.74, 6) is -0.943. The van der Waals surface area contributed by atoms with E-state index < -0.39 is 5.97 Å². The Morgan fingerprint density at radius 3 is 2.43 bits per heavy atom. The number of rotatable bonds is 6. The summed E-state index contributed by atoms with van der Waals surface area (Å²) < 4.78 is 2.22. The number of aromatic nitrogens is 1. The van der Waals surface area contributed by atoms with Crippen molar-refractivity contribution < 1.29 is 9.90 Å². The summed E-state index contributed by atoms with van der Waals surface area (Å²) in [7, 11) is 0.